The van der Waals surface area contributed by atoms with Gasteiger partial charge >= 0.3 is 12.4 Å². The molecule has 0 atom stereocenters. The normalized spacial score (nSPS) is 13.7. The molecule has 2 N–H and O–H groups in total. The Kier molecular flexibility index (Phi) is 7.28. The zero-order valence-corrected chi connectivity index (χ0v) is 20.1. The van der Waals surface area contributed by atoms with Crippen LogP contribution in [-0.4, -0.2) is 17.9 Å². The third-order valence-corrected chi connectivity index (χ3v) is 6.15. The van der Waals surface area contributed by atoms with Crippen LogP contribution in [0, 0.1) is 17.9 Å². The van der Waals surface area contributed by atoms with Crippen LogP contribution in [0.3, 0.4) is 0 Å². The predicted molar refractivity (Wildman–Crippen MR) is 124 cm³/mol. The van der Waals surface area contributed by atoms with E-state index in [0.717, 1.165) is 25.1 Å². The van der Waals surface area contributed by atoms with Crippen molar-refractivity contribution in [3.8, 4) is 11.3 Å². The van der Waals surface area contributed by atoms with Gasteiger partial charge in [0.05, 0.1) is 16.7 Å². The van der Waals surface area contributed by atoms with E-state index < -0.39 is 53.2 Å². The molecule has 6 nitrogen and oxygen atoms in total. The minimum absolute atomic E-state index is 0.00108. The summed E-state index contributed by atoms with van der Waals surface area (Å²) in [5, 5.41) is 17.6. The standard InChI is InChI=1S/C26H20F7N3O3/c1-13-19(8-16(9-21(13)27)24(38)35-18-5-6-18)22-7-3-15(12-36(22)39)23(37)34-11-14-2-4-17(25(28,29)30)10-20(14)26(31,32)33/h2-4,7-10,12,18H,5-6,11H2,1H3,(H,34,37)(H,35,38). The van der Waals surface area contributed by atoms with E-state index in [4.69, 9.17) is 0 Å². The first-order valence-corrected chi connectivity index (χ1v) is 11.5. The second kappa shape index (κ2) is 10.2. The highest BCUT2D eigenvalue weighted by molar-refractivity contribution is 5.96. The third kappa shape index (κ3) is 6.29. The number of amides is 2. The van der Waals surface area contributed by atoms with Gasteiger partial charge < -0.3 is 15.8 Å². The number of nitrogens with zero attached hydrogens (tertiary/aromatic N) is 1. The van der Waals surface area contributed by atoms with Gasteiger partial charge in [-0.2, -0.15) is 31.1 Å². The van der Waals surface area contributed by atoms with Crippen LogP contribution in [0.1, 0.15) is 55.8 Å². The van der Waals surface area contributed by atoms with Gasteiger partial charge in [-0.25, -0.2) is 4.39 Å². The highest BCUT2D eigenvalue weighted by Crippen LogP contribution is 2.37. The van der Waals surface area contributed by atoms with Gasteiger partial charge in [-0.05, 0) is 61.2 Å². The van der Waals surface area contributed by atoms with E-state index in [2.05, 4.69) is 10.6 Å². The molecule has 13 heteroatoms. The Balaban J connectivity index is 1.55. The molecule has 39 heavy (non-hydrogen) atoms. The molecule has 1 fully saturated rings. The summed E-state index contributed by atoms with van der Waals surface area (Å²) < 4.78 is 93.5. The molecular formula is C26H20F7N3O3. The Morgan fingerprint density at radius 1 is 0.949 bits per heavy atom. The summed E-state index contributed by atoms with van der Waals surface area (Å²) in [4.78, 5) is 24.9. The van der Waals surface area contributed by atoms with Crippen LogP contribution in [0.4, 0.5) is 30.7 Å². The van der Waals surface area contributed by atoms with Crippen LogP contribution in [0.5, 0.6) is 0 Å². The largest absolute Gasteiger partial charge is 0.618 e. The summed E-state index contributed by atoms with van der Waals surface area (Å²) in [6, 6.07) is 5.80. The summed E-state index contributed by atoms with van der Waals surface area (Å²) in [6.45, 7) is 0.630. The van der Waals surface area contributed by atoms with Gasteiger partial charge in [0.1, 0.15) is 11.4 Å². The van der Waals surface area contributed by atoms with E-state index in [1.54, 1.807) is 0 Å². The molecule has 0 spiro atoms. The van der Waals surface area contributed by atoms with Crippen molar-refractivity contribution in [1.82, 2.24) is 10.6 Å². The molecular weight excluding hydrogens is 535 g/mol. The lowest BCUT2D eigenvalue weighted by molar-refractivity contribution is -0.593. The van der Waals surface area contributed by atoms with Crippen molar-refractivity contribution < 1.29 is 45.1 Å². The quantitative estimate of drug-likeness (QED) is 0.246. The Morgan fingerprint density at radius 2 is 1.64 bits per heavy atom. The molecule has 2 aromatic carbocycles. The fraction of sp³-hybridized carbons (Fsp3) is 0.269. The summed E-state index contributed by atoms with van der Waals surface area (Å²) in [7, 11) is 0. The first kappa shape index (κ1) is 27.9. The van der Waals surface area contributed by atoms with Crippen molar-refractivity contribution in [2.24, 2.45) is 0 Å². The van der Waals surface area contributed by atoms with E-state index in [9.17, 15) is 45.5 Å². The Morgan fingerprint density at radius 3 is 2.23 bits per heavy atom. The fourth-order valence-electron chi connectivity index (χ4n) is 3.84. The van der Waals surface area contributed by atoms with Crippen molar-refractivity contribution in [3.05, 3.63) is 93.1 Å². The minimum atomic E-state index is -5.11. The average Bonchev–Trinajstić information content (AvgIpc) is 3.67. The predicted octanol–water partition coefficient (Wildman–Crippen LogP) is 5.29. The Hall–Kier alpha value is -4.16. The van der Waals surface area contributed by atoms with Crippen LogP contribution in [-0.2, 0) is 18.9 Å². The highest BCUT2D eigenvalue weighted by atomic mass is 19.4. The third-order valence-electron chi connectivity index (χ3n) is 6.15. The number of halogens is 7. The maximum Gasteiger partial charge on any atom is 0.416 e. The van der Waals surface area contributed by atoms with Crippen LogP contribution in [0.25, 0.3) is 11.3 Å². The summed E-state index contributed by atoms with van der Waals surface area (Å²) in [6.07, 6.45) is -7.66. The fourth-order valence-corrected chi connectivity index (χ4v) is 3.84. The van der Waals surface area contributed by atoms with Gasteiger partial charge in [-0.1, -0.05) is 6.07 Å². The molecule has 2 amide bonds. The minimum Gasteiger partial charge on any atom is -0.618 e. The number of pyridine rings is 1. The number of alkyl halides is 6. The molecule has 0 bridgehead atoms. The molecule has 0 saturated heterocycles. The maximum absolute atomic E-state index is 14.5. The van der Waals surface area contributed by atoms with Crippen molar-refractivity contribution in [3.63, 3.8) is 0 Å². The van der Waals surface area contributed by atoms with Crippen molar-refractivity contribution in [1.29, 1.82) is 0 Å². The number of rotatable bonds is 6. The van der Waals surface area contributed by atoms with E-state index in [1.165, 1.54) is 25.1 Å². The lowest BCUT2D eigenvalue weighted by Crippen LogP contribution is -2.33. The summed E-state index contributed by atoms with van der Waals surface area (Å²) in [5.74, 6) is -2.21. The number of aromatic nitrogens is 1. The molecule has 0 unspecified atom stereocenters. The van der Waals surface area contributed by atoms with Crippen LogP contribution >= 0.6 is 0 Å². The number of carbonyl (C=O) groups is 2. The Labute approximate surface area is 217 Å². The molecule has 0 aliphatic heterocycles. The topological polar surface area (TPSA) is 85.1 Å². The zero-order valence-electron chi connectivity index (χ0n) is 20.1. The van der Waals surface area contributed by atoms with E-state index in [-0.39, 0.29) is 44.8 Å². The smallest absolute Gasteiger partial charge is 0.416 e. The summed E-state index contributed by atoms with van der Waals surface area (Å²) >= 11 is 0. The van der Waals surface area contributed by atoms with E-state index in [0.29, 0.717) is 12.1 Å². The Bertz CT molecular complexity index is 1450. The molecule has 0 radical (unpaired) electrons. The van der Waals surface area contributed by atoms with Crippen molar-refractivity contribution >= 4 is 11.8 Å². The number of benzene rings is 2. The van der Waals surface area contributed by atoms with Gasteiger partial charge in [0.2, 0.25) is 5.69 Å². The van der Waals surface area contributed by atoms with Crippen LogP contribution < -0.4 is 15.4 Å². The monoisotopic (exact) mass is 555 g/mol. The molecule has 206 valence electrons. The van der Waals surface area contributed by atoms with Gasteiger partial charge in [-0.15, -0.1) is 0 Å². The van der Waals surface area contributed by atoms with Gasteiger partial charge in [0.15, 0.2) is 6.20 Å². The molecule has 1 saturated carbocycles. The molecule has 1 aliphatic rings. The van der Waals surface area contributed by atoms with Gasteiger partial charge in [0.25, 0.3) is 11.8 Å². The van der Waals surface area contributed by atoms with Gasteiger partial charge in [-0.3, -0.25) is 9.59 Å². The molecule has 3 aromatic rings. The van der Waals surface area contributed by atoms with E-state index in [1.807, 2.05) is 0 Å². The number of hydrogen-bond acceptors (Lipinski definition) is 3. The number of hydrogen-bond donors (Lipinski definition) is 2. The molecule has 4 rings (SSSR count). The number of carbonyl (C=O) groups excluding carboxylic acids is 2. The molecule has 1 aliphatic carbocycles. The van der Waals surface area contributed by atoms with Crippen LogP contribution in [0.2, 0.25) is 0 Å². The van der Waals surface area contributed by atoms with Gasteiger partial charge in [0, 0.05) is 24.2 Å². The molecule has 1 aromatic heterocycles. The lowest BCUT2D eigenvalue weighted by Gasteiger charge is -2.16. The average molecular weight is 555 g/mol. The maximum atomic E-state index is 14.5. The zero-order chi connectivity index (χ0) is 28.7. The van der Waals surface area contributed by atoms with Crippen molar-refractivity contribution in [2.75, 3.05) is 0 Å². The second-order valence-electron chi connectivity index (χ2n) is 9.06. The summed E-state index contributed by atoms with van der Waals surface area (Å²) in [5.41, 5.74) is -3.86. The highest BCUT2D eigenvalue weighted by Gasteiger charge is 2.38. The van der Waals surface area contributed by atoms with Crippen molar-refractivity contribution in [2.45, 2.75) is 44.7 Å². The second-order valence-corrected chi connectivity index (χ2v) is 9.06. The SMILES string of the molecule is Cc1c(F)cc(C(=O)NC2CC2)cc1-c1ccc(C(=O)NCc2ccc(C(F)(F)F)cc2C(F)(F)F)c[n+]1[O-]. The first-order chi connectivity index (χ1) is 18.1. The lowest BCUT2D eigenvalue weighted by atomic mass is 10.00. The number of nitrogens with one attached hydrogen (secondary N) is 2. The molecule has 1 heterocycles. The van der Waals surface area contributed by atoms with Crippen LogP contribution in [0.15, 0.2) is 48.7 Å². The first-order valence-electron chi connectivity index (χ1n) is 11.5. The van der Waals surface area contributed by atoms with E-state index >= 15 is 0 Å².